The lowest BCUT2D eigenvalue weighted by molar-refractivity contribution is 0.108. The van der Waals surface area contributed by atoms with E-state index in [1.165, 1.54) is 0 Å². The van der Waals surface area contributed by atoms with Gasteiger partial charge < -0.3 is 4.52 Å². The zero-order valence-corrected chi connectivity index (χ0v) is 10.7. The van der Waals surface area contributed by atoms with Crippen molar-refractivity contribution in [2.24, 2.45) is 0 Å². The first-order valence-electron chi connectivity index (χ1n) is 5.94. The number of nitrogens with zero attached hydrogens (tertiary/aromatic N) is 1. The lowest BCUT2D eigenvalue weighted by Crippen LogP contribution is -1.96. The van der Waals surface area contributed by atoms with Gasteiger partial charge in [-0.1, -0.05) is 29.4 Å². The highest BCUT2D eigenvalue weighted by Gasteiger charge is 2.34. The first-order chi connectivity index (χ1) is 8.68. The van der Waals surface area contributed by atoms with E-state index in [0.717, 1.165) is 24.0 Å². The summed E-state index contributed by atoms with van der Waals surface area (Å²) < 4.78 is 5.34. The third kappa shape index (κ3) is 1.85. The van der Waals surface area contributed by atoms with Crippen molar-refractivity contribution in [1.82, 2.24) is 5.16 Å². The molecule has 1 aliphatic carbocycles. The van der Waals surface area contributed by atoms with Crippen molar-refractivity contribution >= 4 is 16.8 Å². The van der Waals surface area contributed by atoms with E-state index in [-0.39, 0.29) is 0 Å². The second-order valence-electron chi connectivity index (χ2n) is 4.63. The fourth-order valence-electron chi connectivity index (χ4n) is 2.14. The molecule has 2 aromatic rings. The minimum absolute atomic E-state index is 0.313. The summed E-state index contributed by atoms with van der Waals surface area (Å²) in [6, 6.07) is 7.76. The van der Waals surface area contributed by atoms with E-state index in [1.807, 2.05) is 31.2 Å². The minimum Gasteiger partial charge on any atom is -0.360 e. The van der Waals surface area contributed by atoms with Crippen LogP contribution in [0.25, 0.3) is 11.3 Å². The van der Waals surface area contributed by atoms with Gasteiger partial charge >= 0.3 is 0 Å². The van der Waals surface area contributed by atoms with Gasteiger partial charge in [0, 0.05) is 11.5 Å². The van der Waals surface area contributed by atoms with E-state index in [4.69, 9.17) is 16.1 Å². The predicted molar refractivity (Wildman–Crippen MR) is 68.8 cm³/mol. The molecular formula is C14H12ClNO2. The molecule has 3 nitrogen and oxygen atoms in total. The number of rotatable bonds is 3. The number of hydrogen-bond donors (Lipinski definition) is 0. The van der Waals surface area contributed by atoms with Crippen molar-refractivity contribution in [1.29, 1.82) is 0 Å². The van der Waals surface area contributed by atoms with Crippen LogP contribution in [0.1, 0.15) is 40.4 Å². The van der Waals surface area contributed by atoms with E-state index < -0.39 is 5.24 Å². The maximum absolute atomic E-state index is 11.6. The van der Waals surface area contributed by atoms with Gasteiger partial charge in [0.1, 0.15) is 11.3 Å². The Morgan fingerprint density at radius 3 is 2.72 bits per heavy atom. The third-order valence-corrected chi connectivity index (χ3v) is 3.45. The molecule has 0 radical (unpaired) electrons. The molecule has 4 heteroatoms. The Morgan fingerprint density at radius 2 is 2.11 bits per heavy atom. The Kier molecular flexibility index (Phi) is 2.71. The van der Waals surface area contributed by atoms with Crippen molar-refractivity contribution in [3.63, 3.8) is 0 Å². The largest absolute Gasteiger partial charge is 0.360 e. The Bertz CT molecular complexity index is 614. The fourth-order valence-corrected chi connectivity index (χ4v) is 2.32. The first-order valence-corrected chi connectivity index (χ1v) is 6.31. The van der Waals surface area contributed by atoms with Crippen molar-refractivity contribution in [2.45, 2.75) is 25.7 Å². The third-order valence-electron chi connectivity index (χ3n) is 3.26. The normalized spacial score (nSPS) is 14.8. The van der Waals surface area contributed by atoms with E-state index >= 15 is 0 Å². The van der Waals surface area contributed by atoms with Gasteiger partial charge in [0.05, 0.1) is 0 Å². The Morgan fingerprint density at radius 1 is 1.39 bits per heavy atom. The summed E-state index contributed by atoms with van der Waals surface area (Å²) in [5, 5.41) is 3.56. The molecule has 1 aliphatic rings. The fraction of sp³-hybridized carbons (Fsp3) is 0.286. The maximum atomic E-state index is 11.6. The molecular weight excluding hydrogens is 250 g/mol. The molecule has 1 heterocycles. The first kappa shape index (κ1) is 11.5. The van der Waals surface area contributed by atoms with E-state index in [1.54, 1.807) is 0 Å². The Balaban J connectivity index is 2.18. The molecule has 92 valence electrons. The van der Waals surface area contributed by atoms with Gasteiger partial charge in [-0.3, -0.25) is 4.79 Å². The quantitative estimate of drug-likeness (QED) is 0.787. The molecule has 0 spiro atoms. The second kappa shape index (κ2) is 4.25. The van der Waals surface area contributed by atoms with Gasteiger partial charge in [0.25, 0.3) is 5.24 Å². The average molecular weight is 262 g/mol. The van der Waals surface area contributed by atoms with Gasteiger partial charge in [0.15, 0.2) is 5.76 Å². The van der Waals surface area contributed by atoms with Gasteiger partial charge in [-0.05, 0) is 36.9 Å². The molecule has 0 amide bonds. The van der Waals surface area contributed by atoms with Crippen molar-refractivity contribution in [2.75, 3.05) is 0 Å². The van der Waals surface area contributed by atoms with Crippen molar-refractivity contribution in [3.05, 3.63) is 41.2 Å². The van der Waals surface area contributed by atoms with Crippen LogP contribution in [0.3, 0.4) is 0 Å². The smallest absolute Gasteiger partial charge is 0.258 e. The molecule has 0 aliphatic heterocycles. The summed E-state index contributed by atoms with van der Waals surface area (Å²) in [7, 11) is 0. The molecule has 1 saturated carbocycles. The van der Waals surface area contributed by atoms with Crippen LogP contribution in [0.5, 0.6) is 0 Å². The molecule has 0 atom stereocenters. The second-order valence-corrected chi connectivity index (χ2v) is 4.98. The van der Waals surface area contributed by atoms with Crippen molar-refractivity contribution < 1.29 is 9.32 Å². The highest BCUT2D eigenvalue weighted by atomic mass is 35.5. The number of carbonyl (C=O) groups excluding carboxylic acids is 1. The number of halogens is 1. The summed E-state index contributed by atoms with van der Waals surface area (Å²) in [5.74, 6) is 0.959. The van der Waals surface area contributed by atoms with Crippen molar-refractivity contribution in [3.8, 4) is 11.3 Å². The van der Waals surface area contributed by atoms with Crippen LogP contribution < -0.4 is 0 Å². The van der Waals surface area contributed by atoms with Crippen LogP contribution in [0.15, 0.2) is 28.8 Å². The molecule has 3 rings (SSSR count). The highest BCUT2D eigenvalue weighted by Crippen LogP contribution is 2.44. The highest BCUT2D eigenvalue weighted by molar-refractivity contribution is 6.68. The summed E-state index contributed by atoms with van der Waals surface area (Å²) >= 11 is 5.69. The maximum Gasteiger partial charge on any atom is 0.258 e. The standard InChI is InChI=1S/C14H12ClNO2/c1-8-4-2-3-5-10(8)12-11(14(15)17)13(18-16-12)9-6-7-9/h2-5,9H,6-7H2,1H3. The molecule has 1 aromatic heterocycles. The van der Waals surface area contributed by atoms with Crippen LogP contribution in [-0.4, -0.2) is 10.4 Å². The van der Waals surface area contributed by atoms with Crippen LogP contribution in [0, 0.1) is 6.92 Å². The number of benzene rings is 1. The molecule has 1 fully saturated rings. The number of carbonyl (C=O) groups is 1. The number of aromatic nitrogens is 1. The lowest BCUT2D eigenvalue weighted by atomic mass is 10.0. The van der Waals surface area contributed by atoms with Gasteiger partial charge in [-0.2, -0.15) is 0 Å². The lowest BCUT2D eigenvalue weighted by Gasteiger charge is -2.02. The van der Waals surface area contributed by atoms with Crippen LogP contribution in [0.4, 0.5) is 0 Å². The molecule has 18 heavy (non-hydrogen) atoms. The zero-order valence-electron chi connectivity index (χ0n) is 9.94. The van der Waals surface area contributed by atoms with E-state index in [0.29, 0.717) is 22.9 Å². The monoisotopic (exact) mass is 261 g/mol. The summed E-state index contributed by atoms with van der Waals surface area (Å²) in [5.41, 5.74) is 2.95. The van der Waals surface area contributed by atoms with E-state index in [9.17, 15) is 4.79 Å². The molecule has 0 unspecified atom stereocenters. The van der Waals surface area contributed by atoms with Gasteiger partial charge in [-0.25, -0.2) is 0 Å². The Labute approximate surface area is 110 Å². The summed E-state index contributed by atoms with van der Waals surface area (Å²) in [4.78, 5) is 11.6. The molecule has 0 bridgehead atoms. The number of hydrogen-bond acceptors (Lipinski definition) is 3. The predicted octanol–water partition coefficient (Wildman–Crippen LogP) is 3.91. The average Bonchev–Trinajstić information content (AvgIpc) is 3.09. The zero-order chi connectivity index (χ0) is 12.7. The van der Waals surface area contributed by atoms with Gasteiger partial charge in [0.2, 0.25) is 0 Å². The SMILES string of the molecule is Cc1ccccc1-c1noc(C2CC2)c1C(=O)Cl. The molecule has 0 N–H and O–H groups in total. The molecule has 1 aromatic carbocycles. The molecule has 0 saturated heterocycles. The summed E-state index contributed by atoms with van der Waals surface area (Å²) in [6.45, 7) is 1.98. The van der Waals surface area contributed by atoms with Gasteiger partial charge in [-0.15, -0.1) is 0 Å². The van der Waals surface area contributed by atoms with Crippen LogP contribution in [0.2, 0.25) is 0 Å². The summed E-state index contributed by atoms with van der Waals surface area (Å²) in [6.07, 6.45) is 2.08. The van der Waals surface area contributed by atoms with Crippen LogP contribution in [-0.2, 0) is 0 Å². The van der Waals surface area contributed by atoms with E-state index in [2.05, 4.69) is 5.16 Å². The topological polar surface area (TPSA) is 43.1 Å². The minimum atomic E-state index is -0.489. The van der Waals surface area contributed by atoms with Crippen LogP contribution >= 0.6 is 11.6 Å². The number of aryl methyl sites for hydroxylation is 1. The Hall–Kier alpha value is -1.61.